The van der Waals surface area contributed by atoms with E-state index >= 15 is 0 Å². The van der Waals surface area contributed by atoms with Crippen LogP contribution in [0, 0.1) is 5.92 Å². The third-order valence-corrected chi connectivity index (χ3v) is 4.08. The molecule has 0 aliphatic carbocycles. The number of rotatable bonds is 4. The van der Waals surface area contributed by atoms with Gasteiger partial charge in [0, 0.05) is 10.6 Å². The molecule has 1 unspecified atom stereocenters. The van der Waals surface area contributed by atoms with E-state index in [2.05, 4.69) is 4.98 Å². The quantitative estimate of drug-likeness (QED) is 0.759. The smallest absolute Gasteiger partial charge is 0.327 e. The molecule has 0 saturated heterocycles. The Hall–Kier alpha value is -2.33. The van der Waals surface area contributed by atoms with Crippen molar-refractivity contribution in [1.29, 1.82) is 0 Å². The monoisotopic (exact) mass is 328 g/mol. The fourth-order valence-electron chi connectivity index (χ4n) is 2.85. The lowest BCUT2D eigenvalue weighted by atomic mass is 10.0. The number of carboxylic acids is 1. The first kappa shape index (κ1) is 15.6. The van der Waals surface area contributed by atoms with Crippen molar-refractivity contribution in [3.8, 4) is 11.4 Å². The van der Waals surface area contributed by atoms with Gasteiger partial charge >= 0.3 is 5.97 Å². The summed E-state index contributed by atoms with van der Waals surface area (Å²) >= 11 is 6.10. The van der Waals surface area contributed by atoms with Crippen LogP contribution < -0.4 is 0 Å². The lowest BCUT2D eigenvalue weighted by Gasteiger charge is -2.21. The average Bonchev–Trinajstić information content (AvgIpc) is 2.86. The standard InChI is InChI=1S/C18H17ClN2O2/c1-11(2)16(18(22)23)21-15-9-4-3-8-14(15)20-17(21)12-6-5-7-13(19)10-12/h3-11,16H,1-2H3,(H,22,23). The van der Waals surface area contributed by atoms with E-state index in [0.717, 1.165) is 16.6 Å². The first-order valence-electron chi connectivity index (χ1n) is 7.44. The highest BCUT2D eigenvalue weighted by molar-refractivity contribution is 6.30. The lowest BCUT2D eigenvalue weighted by molar-refractivity contribution is -0.142. The normalized spacial score (nSPS) is 12.7. The number of halogens is 1. The zero-order valence-electron chi connectivity index (χ0n) is 12.9. The lowest BCUT2D eigenvalue weighted by Crippen LogP contribution is -2.24. The summed E-state index contributed by atoms with van der Waals surface area (Å²) in [5.74, 6) is -0.329. The van der Waals surface area contributed by atoms with Crippen molar-refractivity contribution in [1.82, 2.24) is 9.55 Å². The summed E-state index contributed by atoms with van der Waals surface area (Å²) in [4.78, 5) is 16.5. The second kappa shape index (κ2) is 6.05. The fraction of sp³-hybridized carbons (Fsp3) is 0.222. The van der Waals surface area contributed by atoms with E-state index in [1.165, 1.54) is 0 Å². The van der Waals surface area contributed by atoms with Crippen molar-refractivity contribution in [2.75, 3.05) is 0 Å². The van der Waals surface area contributed by atoms with E-state index in [-0.39, 0.29) is 5.92 Å². The minimum Gasteiger partial charge on any atom is -0.480 e. The minimum atomic E-state index is -0.869. The van der Waals surface area contributed by atoms with Gasteiger partial charge in [-0.25, -0.2) is 9.78 Å². The van der Waals surface area contributed by atoms with Gasteiger partial charge in [0.25, 0.3) is 0 Å². The molecule has 1 heterocycles. The Morgan fingerprint density at radius 2 is 1.91 bits per heavy atom. The molecule has 2 aromatic carbocycles. The Balaban J connectivity index is 2.33. The van der Waals surface area contributed by atoms with Crippen LogP contribution in [0.15, 0.2) is 48.5 Å². The van der Waals surface area contributed by atoms with Crippen molar-refractivity contribution in [3.63, 3.8) is 0 Å². The topological polar surface area (TPSA) is 55.1 Å². The number of carbonyl (C=O) groups is 1. The van der Waals surface area contributed by atoms with E-state index in [1.807, 2.05) is 50.2 Å². The van der Waals surface area contributed by atoms with Gasteiger partial charge in [0.2, 0.25) is 0 Å². The molecular formula is C18H17ClN2O2. The van der Waals surface area contributed by atoms with Gasteiger partial charge in [-0.15, -0.1) is 0 Å². The van der Waals surface area contributed by atoms with Crippen LogP contribution in [0.1, 0.15) is 19.9 Å². The number of hydrogen-bond donors (Lipinski definition) is 1. The molecule has 0 saturated carbocycles. The molecular weight excluding hydrogens is 312 g/mol. The molecule has 1 aromatic heterocycles. The molecule has 0 aliphatic rings. The van der Waals surface area contributed by atoms with Crippen molar-refractivity contribution < 1.29 is 9.90 Å². The van der Waals surface area contributed by atoms with Crippen LogP contribution >= 0.6 is 11.6 Å². The number of fused-ring (bicyclic) bond motifs is 1. The number of nitrogens with zero attached hydrogens (tertiary/aromatic N) is 2. The summed E-state index contributed by atoms with van der Waals surface area (Å²) in [6.07, 6.45) is 0. The Bertz CT molecular complexity index is 870. The van der Waals surface area contributed by atoms with Crippen LogP contribution in [0.3, 0.4) is 0 Å². The Labute approximate surface area is 139 Å². The second-order valence-corrected chi connectivity index (χ2v) is 6.27. The first-order chi connectivity index (χ1) is 11.0. The van der Waals surface area contributed by atoms with Crippen LogP contribution in [-0.4, -0.2) is 20.6 Å². The molecule has 0 fully saturated rings. The van der Waals surface area contributed by atoms with Gasteiger partial charge in [0.15, 0.2) is 0 Å². The molecule has 1 N–H and O–H groups in total. The Morgan fingerprint density at radius 3 is 2.57 bits per heavy atom. The number of hydrogen-bond acceptors (Lipinski definition) is 2. The van der Waals surface area contributed by atoms with Crippen molar-refractivity contribution in [3.05, 3.63) is 53.6 Å². The van der Waals surface area contributed by atoms with E-state index < -0.39 is 12.0 Å². The van der Waals surface area contributed by atoms with Gasteiger partial charge < -0.3 is 9.67 Å². The van der Waals surface area contributed by atoms with Gasteiger partial charge in [-0.1, -0.05) is 49.7 Å². The molecule has 0 spiro atoms. The molecule has 3 aromatic rings. The third-order valence-electron chi connectivity index (χ3n) is 3.84. The van der Waals surface area contributed by atoms with Gasteiger partial charge in [0.05, 0.1) is 11.0 Å². The highest BCUT2D eigenvalue weighted by Crippen LogP contribution is 2.32. The highest BCUT2D eigenvalue weighted by atomic mass is 35.5. The minimum absolute atomic E-state index is 0.0805. The predicted molar refractivity (Wildman–Crippen MR) is 91.7 cm³/mol. The highest BCUT2D eigenvalue weighted by Gasteiger charge is 2.28. The molecule has 118 valence electrons. The first-order valence-corrected chi connectivity index (χ1v) is 7.82. The summed E-state index contributed by atoms with van der Waals surface area (Å²) in [6.45, 7) is 3.80. The predicted octanol–water partition coefficient (Wildman–Crippen LogP) is 4.64. The number of imidazole rings is 1. The maximum atomic E-state index is 11.9. The number of carboxylic acid groups (broad SMARTS) is 1. The van der Waals surface area contributed by atoms with Gasteiger partial charge in [-0.3, -0.25) is 0 Å². The van der Waals surface area contributed by atoms with Crippen LogP contribution in [0.2, 0.25) is 5.02 Å². The largest absolute Gasteiger partial charge is 0.480 e. The van der Waals surface area contributed by atoms with Crippen molar-refractivity contribution in [2.24, 2.45) is 5.92 Å². The fourth-order valence-corrected chi connectivity index (χ4v) is 3.04. The van der Waals surface area contributed by atoms with Crippen LogP contribution in [0.5, 0.6) is 0 Å². The SMILES string of the molecule is CC(C)C(C(=O)O)n1c(-c2cccc(Cl)c2)nc2ccccc21. The molecule has 0 bridgehead atoms. The zero-order valence-corrected chi connectivity index (χ0v) is 13.7. The molecule has 23 heavy (non-hydrogen) atoms. The summed E-state index contributed by atoms with van der Waals surface area (Å²) in [5, 5.41) is 10.3. The Morgan fingerprint density at radius 1 is 1.17 bits per heavy atom. The van der Waals surface area contributed by atoms with E-state index in [0.29, 0.717) is 10.8 Å². The summed E-state index contributed by atoms with van der Waals surface area (Å²) in [7, 11) is 0. The summed E-state index contributed by atoms with van der Waals surface area (Å²) < 4.78 is 1.80. The van der Waals surface area contributed by atoms with E-state index in [9.17, 15) is 9.90 Å². The average molecular weight is 329 g/mol. The van der Waals surface area contributed by atoms with Gasteiger partial charge in [-0.2, -0.15) is 0 Å². The molecule has 3 rings (SSSR count). The number of aliphatic carboxylic acids is 1. The Kier molecular flexibility index (Phi) is 4.09. The van der Waals surface area contributed by atoms with Gasteiger partial charge in [0.1, 0.15) is 11.9 Å². The van der Waals surface area contributed by atoms with E-state index in [1.54, 1.807) is 16.7 Å². The number of aromatic nitrogens is 2. The molecule has 0 radical (unpaired) electrons. The van der Waals surface area contributed by atoms with E-state index in [4.69, 9.17) is 11.6 Å². The molecule has 4 nitrogen and oxygen atoms in total. The molecule has 1 atom stereocenters. The summed E-state index contributed by atoms with van der Waals surface area (Å²) in [6, 6.07) is 14.2. The number of para-hydroxylation sites is 2. The molecule has 5 heteroatoms. The second-order valence-electron chi connectivity index (χ2n) is 5.83. The zero-order chi connectivity index (χ0) is 16.6. The summed E-state index contributed by atoms with van der Waals surface area (Å²) in [5.41, 5.74) is 2.39. The molecule has 0 amide bonds. The van der Waals surface area contributed by atoms with Crippen molar-refractivity contribution >= 4 is 28.6 Å². The third kappa shape index (κ3) is 2.82. The van der Waals surface area contributed by atoms with Gasteiger partial charge in [-0.05, 0) is 30.2 Å². The maximum absolute atomic E-state index is 11.9. The maximum Gasteiger partial charge on any atom is 0.327 e. The van der Waals surface area contributed by atoms with Crippen LogP contribution in [-0.2, 0) is 4.79 Å². The molecule has 0 aliphatic heterocycles. The van der Waals surface area contributed by atoms with Crippen molar-refractivity contribution in [2.45, 2.75) is 19.9 Å². The number of benzene rings is 2. The van der Waals surface area contributed by atoms with Crippen LogP contribution in [0.25, 0.3) is 22.4 Å². The van der Waals surface area contributed by atoms with Crippen LogP contribution in [0.4, 0.5) is 0 Å².